The van der Waals surface area contributed by atoms with Gasteiger partial charge in [-0.15, -0.1) is 0 Å². The zero-order valence-electron chi connectivity index (χ0n) is 12.3. The Hall–Kier alpha value is -0.570. The summed E-state index contributed by atoms with van der Waals surface area (Å²) in [5.41, 5.74) is 1.39. The molecule has 0 radical (unpaired) electrons. The van der Waals surface area contributed by atoms with Crippen LogP contribution in [0.1, 0.15) is 45.6 Å². The molecule has 2 rings (SSSR count). The van der Waals surface area contributed by atoms with E-state index in [9.17, 15) is 0 Å². The minimum atomic E-state index is 0.121. The second-order valence-electron chi connectivity index (χ2n) is 6.38. The number of ether oxygens (including phenoxy) is 1. The highest BCUT2D eigenvalue weighted by Gasteiger charge is 2.39. The molecule has 1 saturated carbocycles. The van der Waals surface area contributed by atoms with Crippen LogP contribution in [0.15, 0.2) is 18.5 Å². The van der Waals surface area contributed by atoms with Crippen LogP contribution in [0.5, 0.6) is 5.75 Å². The van der Waals surface area contributed by atoms with Gasteiger partial charge >= 0.3 is 0 Å². The van der Waals surface area contributed by atoms with Crippen LogP contribution in [0.25, 0.3) is 0 Å². The van der Waals surface area contributed by atoms with E-state index in [2.05, 4.69) is 47.8 Å². The maximum Gasteiger partial charge on any atom is 0.137 e. The minimum Gasteiger partial charge on any atom is -0.495 e. The summed E-state index contributed by atoms with van der Waals surface area (Å²) < 4.78 is 5.31. The molecule has 1 aliphatic rings. The number of pyridine rings is 1. The van der Waals surface area contributed by atoms with Gasteiger partial charge in [-0.1, -0.05) is 43.1 Å². The summed E-state index contributed by atoms with van der Waals surface area (Å²) in [6.45, 7) is 7.02. The van der Waals surface area contributed by atoms with Crippen molar-refractivity contribution in [2.45, 2.75) is 50.3 Å². The predicted octanol–water partition coefficient (Wildman–Crippen LogP) is 4.57. The third-order valence-corrected chi connectivity index (χ3v) is 5.67. The first kappa shape index (κ1) is 14.8. The molecule has 1 aromatic rings. The van der Waals surface area contributed by atoms with E-state index in [1.165, 1.54) is 24.8 Å². The van der Waals surface area contributed by atoms with Gasteiger partial charge in [-0.3, -0.25) is 4.98 Å². The number of alkyl halides is 1. The van der Waals surface area contributed by atoms with Crippen molar-refractivity contribution in [2.24, 2.45) is 11.8 Å². The summed E-state index contributed by atoms with van der Waals surface area (Å²) >= 11 is 3.91. The lowest BCUT2D eigenvalue weighted by atomic mass is 9.66. The Morgan fingerprint density at radius 1 is 1.32 bits per heavy atom. The van der Waals surface area contributed by atoms with Crippen molar-refractivity contribution in [1.29, 1.82) is 0 Å². The lowest BCUT2D eigenvalue weighted by molar-refractivity contribution is 0.213. The largest absolute Gasteiger partial charge is 0.495 e. The van der Waals surface area contributed by atoms with Crippen LogP contribution in [-0.4, -0.2) is 16.9 Å². The monoisotopic (exact) mass is 325 g/mol. The molecule has 0 spiro atoms. The minimum absolute atomic E-state index is 0.121. The summed E-state index contributed by atoms with van der Waals surface area (Å²) in [6, 6.07) is 2.13. The van der Waals surface area contributed by atoms with Crippen LogP contribution in [0.4, 0.5) is 0 Å². The normalized spacial score (nSPS) is 28.2. The van der Waals surface area contributed by atoms with Crippen LogP contribution in [0.2, 0.25) is 0 Å². The molecule has 3 unspecified atom stereocenters. The van der Waals surface area contributed by atoms with Gasteiger partial charge in [0, 0.05) is 11.0 Å². The van der Waals surface area contributed by atoms with Gasteiger partial charge in [0.2, 0.25) is 0 Å². The Kier molecular flexibility index (Phi) is 4.54. The van der Waals surface area contributed by atoms with Gasteiger partial charge in [0.25, 0.3) is 0 Å². The number of halogens is 1. The lowest BCUT2D eigenvalue weighted by Gasteiger charge is -2.42. The zero-order valence-corrected chi connectivity index (χ0v) is 13.9. The number of methoxy groups -OCH3 is 1. The summed E-state index contributed by atoms with van der Waals surface area (Å²) in [7, 11) is 1.70. The van der Waals surface area contributed by atoms with Crippen molar-refractivity contribution in [2.75, 3.05) is 7.11 Å². The van der Waals surface area contributed by atoms with Gasteiger partial charge in [0.15, 0.2) is 0 Å². The van der Waals surface area contributed by atoms with E-state index in [-0.39, 0.29) is 5.41 Å². The average molecular weight is 326 g/mol. The van der Waals surface area contributed by atoms with Crippen LogP contribution in [0.3, 0.4) is 0 Å². The van der Waals surface area contributed by atoms with Crippen molar-refractivity contribution in [3.8, 4) is 5.75 Å². The van der Waals surface area contributed by atoms with E-state index in [0.29, 0.717) is 10.7 Å². The Bertz CT molecular complexity index is 433. The van der Waals surface area contributed by atoms with Gasteiger partial charge < -0.3 is 4.74 Å². The first-order chi connectivity index (χ1) is 8.95. The quantitative estimate of drug-likeness (QED) is 0.759. The number of hydrogen-bond donors (Lipinski definition) is 0. The molecule has 0 N–H and O–H groups in total. The molecule has 1 aromatic heterocycles. The van der Waals surface area contributed by atoms with Gasteiger partial charge in [0.05, 0.1) is 13.3 Å². The second kappa shape index (κ2) is 5.82. The number of rotatable bonds is 3. The molecule has 1 aliphatic carbocycles. The van der Waals surface area contributed by atoms with Crippen LogP contribution >= 0.6 is 15.9 Å². The number of aromatic nitrogens is 1. The number of hydrogen-bond acceptors (Lipinski definition) is 2. The van der Waals surface area contributed by atoms with Crippen LogP contribution < -0.4 is 4.74 Å². The van der Waals surface area contributed by atoms with Gasteiger partial charge in [0.1, 0.15) is 5.75 Å². The third kappa shape index (κ3) is 3.13. The van der Waals surface area contributed by atoms with Gasteiger partial charge in [-0.05, 0) is 41.7 Å². The van der Waals surface area contributed by atoms with Gasteiger partial charge in [-0.2, -0.15) is 0 Å². The van der Waals surface area contributed by atoms with E-state index >= 15 is 0 Å². The summed E-state index contributed by atoms with van der Waals surface area (Å²) in [5.74, 6) is 2.33. The zero-order chi connectivity index (χ0) is 14.0. The highest BCUT2D eigenvalue weighted by atomic mass is 79.9. The molecular formula is C16H24BrNO. The van der Waals surface area contributed by atoms with Gasteiger partial charge in [-0.25, -0.2) is 0 Å². The van der Waals surface area contributed by atoms with E-state index in [1.807, 2.05) is 6.20 Å². The fourth-order valence-corrected chi connectivity index (χ4v) is 4.78. The molecule has 0 bridgehead atoms. The summed E-state index contributed by atoms with van der Waals surface area (Å²) in [6.07, 6.45) is 7.63. The topological polar surface area (TPSA) is 22.1 Å². The molecular weight excluding hydrogens is 302 g/mol. The molecule has 3 atom stereocenters. The highest BCUT2D eigenvalue weighted by Crippen LogP contribution is 2.45. The molecule has 0 aromatic carbocycles. The van der Waals surface area contributed by atoms with E-state index in [0.717, 1.165) is 11.7 Å². The molecule has 0 aliphatic heterocycles. The van der Waals surface area contributed by atoms with Crippen LogP contribution in [0, 0.1) is 11.8 Å². The van der Waals surface area contributed by atoms with Crippen molar-refractivity contribution < 1.29 is 4.74 Å². The Morgan fingerprint density at radius 2 is 2.05 bits per heavy atom. The SMILES string of the molecule is COc1cncc(C(C)(C)C2CCC(C)CC2Br)c1. The fraction of sp³-hybridized carbons (Fsp3) is 0.688. The molecule has 1 heterocycles. The fourth-order valence-electron chi connectivity index (χ4n) is 3.22. The van der Waals surface area contributed by atoms with Crippen molar-refractivity contribution in [3.05, 3.63) is 24.0 Å². The molecule has 0 amide bonds. The second-order valence-corrected chi connectivity index (χ2v) is 7.55. The van der Waals surface area contributed by atoms with E-state index in [4.69, 9.17) is 4.74 Å². The Balaban J connectivity index is 2.25. The first-order valence-electron chi connectivity index (χ1n) is 7.08. The van der Waals surface area contributed by atoms with Crippen molar-refractivity contribution in [1.82, 2.24) is 4.98 Å². The summed E-state index contributed by atoms with van der Waals surface area (Å²) in [5, 5.41) is 0. The maximum atomic E-state index is 5.31. The Labute approximate surface area is 125 Å². The molecule has 3 heteroatoms. The molecule has 1 fully saturated rings. The summed E-state index contributed by atoms with van der Waals surface area (Å²) in [4.78, 5) is 4.91. The number of nitrogens with zero attached hydrogens (tertiary/aromatic N) is 1. The van der Waals surface area contributed by atoms with Crippen LogP contribution in [-0.2, 0) is 5.41 Å². The standard InChI is InChI=1S/C16H24BrNO/c1-11-5-6-14(15(17)7-11)16(2,3)12-8-13(19-4)10-18-9-12/h8-11,14-15H,5-7H2,1-4H3. The van der Waals surface area contributed by atoms with E-state index < -0.39 is 0 Å². The molecule has 2 nitrogen and oxygen atoms in total. The Morgan fingerprint density at radius 3 is 2.68 bits per heavy atom. The highest BCUT2D eigenvalue weighted by molar-refractivity contribution is 9.09. The van der Waals surface area contributed by atoms with Crippen molar-refractivity contribution >= 4 is 15.9 Å². The average Bonchev–Trinajstić information content (AvgIpc) is 2.38. The van der Waals surface area contributed by atoms with Crippen molar-refractivity contribution in [3.63, 3.8) is 0 Å². The lowest BCUT2D eigenvalue weighted by Crippen LogP contribution is -2.38. The third-order valence-electron chi connectivity index (χ3n) is 4.65. The molecule has 106 valence electrons. The van der Waals surface area contributed by atoms with E-state index in [1.54, 1.807) is 13.3 Å². The predicted molar refractivity (Wildman–Crippen MR) is 83.0 cm³/mol. The maximum absolute atomic E-state index is 5.31. The molecule has 0 saturated heterocycles. The molecule has 19 heavy (non-hydrogen) atoms. The smallest absolute Gasteiger partial charge is 0.137 e. The first-order valence-corrected chi connectivity index (χ1v) is 8.00.